The Morgan fingerprint density at radius 3 is 2.39 bits per heavy atom. The third-order valence-electron chi connectivity index (χ3n) is 5.92. The fourth-order valence-electron chi connectivity index (χ4n) is 4.03. The third-order valence-corrected chi connectivity index (χ3v) is 7.70. The molecule has 0 atom stereocenters. The molecule has 0 unspecified atom stereocenters. The Bertz CT molecular complexity index is 1200. The second-order valence-corrected chi connectivity index (χ2v) is 10.3. The highest BCUT2D eigenvalue weighted by atomic mass is 32.2. The molecule has 1 fully saturated rings. The number of ether oxygens (including phenoxy) is 1. The minimum atomic E-state index is -3.96. The number of likely N-dealkylation sites (tertiary alicyclic amines) is 1. The van der Waals surface area contributed by atoms with Crippen molar-refractivity contribution in [1.29, 1.82) is 0 Å². The quantitative estimate of drug-likeness (QED) is 0.463. The SMILES string of the molecule is CCCCOC(=O)c1ccc(N2C=C(C(=O)N3CCCC3)S(=O)(=O)c3ccc(C)cc32)cc1. The van der Waals surface area contributed by atoms with Crippen molar-refractivity contribution in [2.24, 2.45) is 0 Å². The molecule has 2 aromatic carbocycles. The average molecular weight is 469 g/mol. The number of unbranched alkanes of at least 4 members (excludes halogenated alkanes) is 1. The van der Waals surface area contributed by atoms with Crippen molar-refractivity contribution in [3.05, 3.63) is 64.7 Å². The zero-order valence-electron chi connectivity index (χ0n) is 18.9. The Hall–Kier alpha value is -3.13. The van der Waals surface area contributed by atoms with Gasteiger partial charge in [0, 0.05) is 25.0 Å². The first-order chi connectivity index (χ1) is 15.8. The van der Waals surface area contributed by atoms with Gasteiger partial charge in [-0.1, -0.05) is 19.4 Å². The average Bonchev–Trinajstić information content (AvgIpc) is 3.34. The number of hydrogen-bond donors (Lipinski definition) is 0. The number of hydrogen-bond acceptors (Lipinski definition) is 6. The summed E-state index contributed by atoms with van der Waals surface area (Å²) in [5.41, 5.74) is 2.44. The van der Waals surface area contributed by atoms with E-state index in [1.165, 1.54) is 6.20 Å². The molecule has 2 heterocycles. The summed E-state index contributed by atoms with van der Waals surface area (Å²) in [6.45, 7) is 5.40. The molecule has 174 valence electrons. The summed E-state index contributed by atoms with van der Waals surface area (Å²) >= 11 is 0. The highest BCUT2D eigenvalue weighted by Gasteiger charge is 2.38. The number of carbonyl (C=O) groups excluding carboxylic acids is 2. The first-order valence-electron chi connectivity index (χ1n) is 11.3. The van der Waals surface area contributed by atoms with Gasteiger partial charge in [-0.25, -0.2) is 13.2 Å². The van der Waals surface area contributed by atoms with Crippen molar-refractivity contribution >= 4 is 33.1 Å². The fraction of sp³-hybridized carbons (Fsp3) is 0.360. The lowest BCUT2D eigenvalue weighted by molar-refractivity contribution is -0.125. The molecule has 0 radical (unpaired) electrons. The zero-order chi connectivity index (χ0) is 23.6. The molecule has 8 heteroatoms. The predicted molar refractivity (Wildman–Crippen MR) is 126 cm³/mol. The fourth-order valence-corrected chi connectivity index (χ4v) is 5.55. The van der Waals surface area contributed by atoms with E-state index in [1.54, 1.807) is 52.3 Å². The Morgan fingerprint density at radius 1 is 1.03 bits per heavy atom. The molecule has 1 amide bonds. The Balaban J connectivity index is 1.72. The van der Waals surface area contributed by atoms with Gasteiger partial charge in [0.2, 0.25) is 9.84 Å². The Labute approximate surface area is 194 Å². The molecule has 0 aromatic heterocycles. The highest BCUT2D eigenvalue weighted by Crippen LogP contribution is 2.40. The number of sulfone groups is 1. The van der Waals surface area contributed by atoms with Crippen LogP contribution in [0.5, 0.6) is 0 Å². The van der Waals surface area contributed by atoms with E-state index in [0.717, 1.165) is 31.2 Å². The molecule has 4 rings (SSSR count). The number of fused-ring (bicyclic) bond motifs is 1. The van der Waals surface area contributed by atoms with E-state index in [2.05, 4.69) is 0 Å². The number of rotatable bonds is 6. The van der Waals surface area contributed by atoms with Gasteiger partial charge in [-0.05, 0) is 68.1 Å². The van der Waals surface area contributed by atoms with Crippen LogP contribution in [0.2, 0.25) is 0 Å². The van der Waals surface area contributed by atoms with Gasteiger partial charge in [0.1, 0.15) is 0 Å². The maximum Gasteiger partial charge on any atom is 0.338 e. The van der Waals surface area contributed by atoms with Gasteiger partial charge in [-0.3, -0.25) is 4.79 Å². The van der Waals surface area contributed by atoms with Gasteiger partial charge >= 0.3 is 5.97 Å². The van der Waals surface area contributed by atoms with Crippen LogP contribution in [-0.4, -0.2) is 44.9 Å². The van der Waals surface area contributed by atoms with E-state index in [4.69, 9.17) is 4.74 Å². The lowest BCUT2D eigenvalue weighted by atomic mass is 10.1. The van der Waals surface area contributed by atoms with Gasteiger partial charge in [0.25, 0.3) is 5.91 Å². The summed E-state index contributed by atoms with van der Waals surface area (Å²) in [7, 11) is -3.96. The minimum Gasteiger partial charge on any atom is -0.462 e. The van der Waals surface area contributed by atoms with Gasteiger partial charge in [0.15, 0.2) is 4.91 Å². The van der Waals surface area contributed by atoms with Crippen LogP contribution in [-0.2, 0) is 19.4 Å². The smallest absolute Gasteiger partial charge is 0.338 e. The van der Waals surface area contributed by atoms with Gasteiger partial charge < -0.3 is 14.5 Å². The topological polar surface area (TPSA) is 84.0 Å². The largest absolute Gasteiger partial charge is 0.462 e. The molecule has 2 aromatic rings. The van der Waals surface area contributed by atoms with Gasteiger partial charge in [-0.2, -0.15) is 0 Å². The molecule has 0 bridgehead atoms. The second kappa shape index (κ2) is 9.39. The third kappa shape index (κ3) is 4.53. The predicted octanol–water partition coefficient (Wildman–Crippen LogP) is 4.34. The van der Waals surface area contributed by atoms with Crippen LogP contribution >= 0.6 is 0 Å². The lowest BCUT2D eigenvalue weighted by Gasteiger charge is -2.30. The molecule has 1 saturated heterocycles. The summed E-state index contributed by atoms with van der Waals surface area (Å²) in [5, 5.41) is 0. The summed E-state index contributed by atoms with van der Waals surface area (Å²) in [6.07, 6.45) is 4.89. The van der Waals surface area contributed by atoms with Crippen molar-refractivity contribution in [2.45, 2.75) is 44.4 Å². The molecule has 33 heavy (non-hydrogen) atoms. The number of benzene rings is 2. The van der Waals surface area contributed by atoms with Crippen LogP contribution in [0, 0.1) is 6.92 Å². The normalized spacial score (nSPS) is 16.8. The van der Waals surface area contributed by atoms with Crippen LogP contribution in [0.25, 0.3) is 0 Å². The van der Waals surface area contributed by atoms with Crippen molar-refractivity contribution in [3.63, 3.8) is 0 Å². The number of esters is 1. The summed E-state index contributed by atoms with van der Waals surface area (Å²) < 4.78 is 32.0. The molecule has 0 aliphatic carbocycles. The van der Waals surface area contributed by atoms with Crippen LogP contribution in [0.3, 0.4) is 0 Å². The van der Waals surface area contributed by atoms with Crippen molar-refractivity contribution in [1.82, 2.24) is 4.90 Å². The molecular formula is C25H28N2O5S. The second-order valence-electron chi connectivity index (χ2n) is 8.37. The summed E-state index contributed by atoms with van der Waals surface area (Å²) in [5.74, 6) is -0.868. The van der Waals surface area contributed by atoms with E-state index in [1.807, 2.05) is 13.8 Å². The monoisotopic (exact) mass is 468 g/mol. The Morgan fingerprint density at radius 2 is 1.73 bits per heavy atom. The molecule has 0 spiro atoms. The van der Waals surface area contributed by atoms with Crippen LogP contribution in [0.1, 0.15) is 48.5 Å². The molecule has 2 aliphatic rings. The minimum absolute atomic E-state index is 0.0983. The lowest BCUT2D eigenvalue weighted by Crippen LogP contribution is -2.35. The van der Waals surface area contributed by atoms with Crippen LogP contribution < -0.4 is 4.90 Å². The molecule has 0 saturated carbocycles. The zero-order valence-corrected chi connectivity index (χ0v) is 19.7. The van der Waals surface area contributed by atoms with Gasteiger partial charge in [-0.15, -0.1) is 0 Å². The number of anilines is 2. The summed E-state index contributed by atoms with van der Waals surface area (Å²) in [4.78, 5) is 28.5. The highest BCUT2D eigenvalue weighted by molar-refractivity contribution is 7.96. The van der Waals surface area contributed by atoms with Crippen molar-refractivity contribution in [3.8, 4) is 0 Å². The molecule has 0 N–H and O–H groups in total. The molecule has 7 nitrogen and oxygen atoms in total. The standard InChI is InChI=1S/C25H28N2O5S/c1-3-4-15-32-25(29)19-8-10-20(11-9-19)27-17-23(24(28)26-13-5-6-14-26)33(30,31)22-12-7-18(2)16-21(22)27/h7-12,16-17H,3-6,13-15H2,1-2H3. The van der Waals surface area contributed by atoms with Crippen molar-refractivity contribution < 1.29 is 22.7 Å². The van der Waals surface area contributed by atoms with Gasteiger partial charge in [0.05, 0.1) is 22.8 Å². The van der Waals surface area contributed by atoms with Crippen molar-refractivity contribution in [2.75, 3.05) is 24.6 Å². The van der Waals surface area contributed by atoms with E-state index < -0.39 is 21.7 Å². The van der Waals surface area contributed by atoms with E-state index >= 15 is 0 Å². The molecular weight excluding hydrogens is 440 g/mol. The molecule has 2 aliphatic heterocycles. The van der Waals surface area contributed by atoms with Crippen LogP contribution in [0.4, 0.5) is 11.4 Å². The summed E-state index contributed by atoms with van der Waals surface area (Å²) in [6, 6.07) is 11.8. The van der Waals surface area contributed by atoms with Crippen LogP contribution in [0.15, 0.2) is 58.5 Å². The first kappa shape index (κ1) is 23.0. The number of carbonyl (C=O) groups is 2. The van der Waals surface area contributed by atoms with E-state index in [-0.39, 0.29) is 9.80 Å². The number of aryl methyl sites for hydroxylation is 1. The number of nitrogens with zero attached hydrogens (tertiary/aromatic N) is 2. The first-order valence-corrected chi connectivity index (χ1v) is 12.7. The maximum absolute atomic E-state index is 13.4. The van der Waals surface area contributed by atoms with E-state index in [0.29, 0.717) is 36.6 Å². The number of amides is 1. The Kier molecular flexibility index (Phi) is 6.56. The van der Waals surface area contributed by atoms with E-state index in [9.17, 15) is 18.0 Å². The maximum atomic E-state index is 13.4.